The average Bonchev–Trinajstić information content (AvgIpc) is 2.84. The van der Waals surface area contributed by atoms with E-state index >= 15 is 0 Å². The maximum absolute atomic E-state index is 12.2. The maximum Gasteiger partial charge on any atom is 0.223 e. The van der Waals surface area contributed by atoms with E-state index in [9.17, 15) is 4.79 Å². The molecule has 1 saturated heterocycles. The number of rotatable bonds is 4. The van der Waals surface area contributed by atoms with Crippen LogP contribution >= 0.6 is 58.0 Å². The van der Waals surface area contributed by atoms with Crippen molar-refractivity contribution in [3.63, 3.8) is 0 Å². The predicted octanol–water partition coefficient (Wildman–Crippen LogP) is 6.58. The SMILES string of the molecule is C=CC[C@H]1CCC(=O)N1[C@@H](C)c1c(Cl)c(Cl)c(Cl)c(Cl)c1Cl. The average molecular weight is 402 g/mol. The van der Waals surface area contributed by atoms with Gasteiger partial charge in [0.2, 0.25) is 5.91 Å². The lowest BCUT2D eigenvalue weighted by Gasteiger charge is -2.32. The van der Waals surface area contributed by atoms with Crippen LogP contribution in [0.15, 0.2) is 12.7 Å². The van der Waals surface area contributed by atoms with E-state index in [4.69, 9.17) is 58.0 Å². The van der Waals surface area contributed by atoms with Gasteiger partial charge in [-0.25, -0.2) is 0 Å². The minimum atomic E-state index is -0.354. The summed E-state index contributed by atoms with van der Waals surface area (Å²) in [7, 11) is 0. The molecule has 0 N–H and O–H groups in total. The number of benzene rings is 1. The summed E-state index contributed by atoms with van der Waals surface area (Å²) in [6.45, 7) is 5.60. The summed E-state index contributed by atoms with van der Waals surface area (Å²) in [6.07, 6.45) is 3.78. The van der Waals surface area contributed by atoms with Crippen LogP contribution in [-0.4, -0.2) is 16.8 Å². The summed E-state index contributed by atoms with van der Waals surface area (Å²) < 4.78 is 0. The van der Waals surface area contributed by atoms with Gasteiger partial charge >= 0.3 is 0 Å². The van der Waals surface area contributed by atoms with Crippen molar-refractivity contribution in [1.82, 2.24) is 4.90 Å². The quantitative estimate of drug-likeness (QED) is 0.317. The largest absolute Gasteiger partial charge is 0.333 e. The van der Waals surface area contributed by atoms with Crippen molar-refractivity contribution in [3.8, 4) is 0 Å². The monoisotopic (exact) mass is 399 g/mol. The number of amides is 1. The third-order valence-corrected chi connectivity index (χ3v) is 6.20. The van der Waals surface area contributed by atoms with Crippen LogP contribution in [0.3, 0.4) is 0 Å². The van der Waals surface area contributed by atoms with E-state index in [1.807, 2.05) is 6.92 Å². The molecule has 0 aliphatic carbocycles. The molecule has 7 heteroatoms. The fraction of sp³-hybridized carbons (Fsp3) is 0.400. The summed E-state index contributed by atoms with van der Waals surface area (Å²) in [5.41, 5.74) is 0.520. The molecule has 1 aliphatic rings. The van der Waals surface area contributed by atoms with Gasteiger partial charge in [-0.15, -0.1) is 6.58 Å². The Morgan fingerprint density at radius 1 is 1.14 bits per heavy atom. The van der Waals surface area contributed by atoms with Gasteiger partial charge in [0.05, 0.1) is 31.2 Å². The smallest absolute Gasteiger partial charge is 0.223 e. The van der Waals surface area contributed by atoms with Crippen molar-refractivity contribution in [2.24, 2.45) is 0 Å². The Kier molecular flexibility index (Phi) is 5.95. The Balaban J connectivity index is 2.51. The maximum atomic E-state index is 12.2. The zero-order valence-corrected chi connectivity index (χ0v) is 15.6. The number of carbonyl (C=O) groups is 1. The van der Waals surface area contributed by atoms with Crippen LogP contribution in [-0.2, 0) is 4.79 Å². The molecule has 1 amide bonds. The second-order valence-corrected chi connectivity index (χ2v) is 7.07. The number of carbonyl (C=O) groups excluding carboxylic acids is 1. The van der Waals surface area contributed by atoms with E-state index in [1.165, 1.54) is 0 Å². The van der Waals surface area contributed by atoms with Gasteiger partial charge < -0.3 is 4.90 Å². The van der Waals surface area contributed by atoms with Gasteiger partial charge in [-0.2, -0.15) is 0 Å². The molecule has 0 radical (unpaired) electrons. The molecule has 0 saturated carbocycles. The van der Waals surface area contributed by atoms with E-state index in [0.29, 0.717) is 18.4 Å². The first-order chi connectivity index (χ1) is 10.3. The summed E-state index contributed by atoms with van der Waals surface area (Å²) in [5.74, 6) is 0.0497. The molecular formula is C15H14Cl5NO. The number of hydrogen-bond acceptors (Lipinski definition) is 1. The molecule has 0 aromatic heterocycles. The van der Waals surface area contributed by atoms with Gasteiger partial charge in [-0.05, 0) is 19.8 Å². The van der Waals surface area contributed by atoms with Crippen molar-refractivity contribution in [2.45, 2.75) is 38.3 Å². The molecule has 2 rings (SSSR count). The molecule has 2 atom stereocenters. The Labute approximate surface area is 154 Å². The fourth-order valence-electron chi connectivity index (χ4n) is 2.85. The molecule has 1 aliphatic heterocycles. The van der Waals surface area contributed by atoms with Gasteiger partial charge in [0, 0.05) is 18.0 Å². The van der Waals surface area contributed by atoms with Gasteiger partial charge in [-0.3, -0.25) is 4.79 Å². The Morgan fingerprint density at radius 3 is 2.14 bits per heavy atom. The Bertz CT molecular complexity index is 602. The van der Waals surface area contributed by atoms with Crippen molar-refractivity contribution in [2.75, 3.05) is 0 Å². The molecule has 22 heavy (non-hydrogen) atoms. The molecule has 0 unspecified atom stereocenters. The number of nitrogens with zero attached hydrogens (tertiary/aromatic N) is 1. The first kappa shape index (κ1) is 18.2. The number of hydrogen-bond donors (Lipinski definition) is 0. The standard InChI is InChI=1S/C15H14Cl5NO/c1-3-4-8-5-6-9(22)21(8)7(2)10-11(16)13(18)15(20)14(19)12(10)17/h3,7-8H,1,4-6H2,2H3/t7-,8-/m0/s1. The lowest BCUT2D eigenvalue weighted by atomic mass is 10.0. The van der Waals surface area contributed by atoms with Crippen LogP contribution in [0.4, 0.5) is 0 Å². The van der Waals surface area contributed by atoms with Crippen LogP contribution < -0.4 is 0 Å². The molecule has 1 heterocycles. The molecular weight excluding hydrogens is 387 g/mol. The van der Waals surface area contributed by atoms with E-state index < -0.39 is 0 Å². The normalized spacial score (nSPS) is 19.6. The second-order valence-electron chi connectivity index (χ2n) is 5.18. The number of halogens is 5. The molecule has 2 nitrogen and oxygen atoms in total. The topological polar surface area (TPSA) is 20.3 Å². The highest BCUT2D eigenvalue weighted by Crippen LogP contribution is 2.48. The highest BCUT2D eigenvalue weighted by molar-refractivity contribution is 6.55. The molecule has 1 fully saturated rings. The molecule has 0 bridgehead atoms. The number of likely N-dealkylation sites (tertiary alicyclic amines) is 1. The first-order valence-electron chi connectivity index (χ1n) is 6.74. The summed E-state index contributed by atoms with van der Waals surface area (Å²) in [4.78, 5) is 14.0. The van der Waals surface area contributed by atoms with Crippen LogP contribution in [0.1, 0.15) is 37.8 Å². The molecule has 1 aromatic carbocycles. The molecule has 120 valence electrons. The van der Waals surface area contributed by atoms with Gasteiger partial charge in [0.1, 0.15) is 0 Å². The lowest BCUT2D eigenvalue weighted by Crippen LogP contribution is -2.35. The summed E-state index contributed by atoms with van der Waals surface area (Å²) >= 11 is 30.8. The van der Waals surface area contributed by atoms with Crippen LogP contribution in [0.25, 0.3) is 0 Å². The van der Waals surface area contributed by atoms with E-state index in [-0.39, 0.29) is 43.1 Å². The minimum absolute atomic E-state index is 0.0497. The van der Waals surface area contributed by atoms with E-state index in [0.717, 1.165) is 6.42 Å². The van der Waals surface area contributed by atoms with Crippen molar-refractivity contribution < 1.29 is 4.79 Å². The second kappa shape index (κ2) is 7.19. The third kappa shape index (κ3) is 3.09. The Hall–Kier alpha value is -0.120. The zero-order valence-electron chi connectivity index (χ0n) is 11.8. The lowest BCUT2D eigenvalue weighted by molar-refractivity contribution is -0.131. The van der Waals surface area contributed by atoms with Crippen LogP contribution in [0, 0.1) is 0 Å². The predicted molar refractivity (Wildman–Crippen MR) is 94.6 cm³/mol. The summed E-state index contributed by atoms with van der Waals surface area (Å²) in [6, 6.07) is -0.285. The van der Waals surface area contributed by atoms with Crippen LogP contribution in [0.5, 0.6) is 0 Å². The van der Waals surface area contributed by atoms with E-state index in [1.54, 1.807) is 11.0 Å². The van der Waals surface area contributed by atoms with Crippen molar-refractivity contribution >= 4 is 63.9 Å². The third-order valence-electron chi connectivity index (χ3n) is 3.89. The van der Waals surface area contributed by atoms with Gasteiger partial charge in [0.25, 0.3) is 0 Å². The van der Waals surface area contributed by atoms with Crippen molar-refractivity contribution in [1.29, 1.82) is 0 Å². The first-order valence-corrected chi connectivity index (χ1v) is 8.63. The zero-order chi connectivity index (χ0) is 16.6. The van der Waals surface area contributed by atoms with Gasteiger partial charge in [-0.1, -0.05) is 64.1 Å². The van der Waals surface area contributed by atoms with E-state index in [2.05, 4.69) is 6.58 Å². The van der Waals surface area contributed by atoms with Crippen molar-refractivity contribution in [3.05, 3.63) is 43.3 Å². The highest BCUT2D eigenvalue weighted by atomic mass is 35.5. The minimum Gasteiger partial charge on any atom is -0.333 e. The summed E-state index contributed by atoms with van der Waals surface area (Å²) in [5, 5.41) is 0.860. The highest BCUT2D eigenvalue weighted by Gasteiger charge is 2.36. The van der Waals surface area contributed by atoms with Gasteiger partial charge in [0.15, 0.2) is 0 Å². The fourth-order valence-corrected chi connectivity index (χ4v) is 4.31. The molecule has 0 spiro atoms. The van der Waals surface area contributed by atoms with Crippen LogP contribution in [0.2, 0.25) is 25.1 Å². The molecule has 1 aromatic rings. The Morgan fingerprint density at radius 2 is 1.64 bits per heavy atom.